The van der Waals surface area contributed by atoms with Crippen LogP contribution < -0.4 is 9.88 Å². The molecular weight excluding hydrogens is 300 g/mol. The van der Waals surface area contributed by atoms with E-state index < -0.39 is 14.9 Å². The van der Waals surface area contributed by atoms with Crippen LogP contribution in [-0.2, 0) is 14.8 Å². The van der Waals surface area contributed by atoms with Gasteiger partial charge in [-0.05, 0) is 25.0 Å². The second-order valence-electron chi connectivity index (χ2n) is 4.51. The Morgan fingerprint density at radius 2 is 1.90 bits per heavy atom. The van der Waals surface area contributed by atoms with Crippen LogP contribution in [0, 0.1) is 24.0 Å². The minimum Gasteiger partial charge on any atom is -0.484 e. The molecule has 0 radical (unpaired) electrons. The molecule has 0 heterocycles. The molecule has 0 unspecified atom stereocenters. The van der Waals surface area contributed by atoms with Gasteiger partial charge in [0, 0.05) is 6.07 Å². The highest BCUT2D eigenvalue weighted by atomic mass is 32.2. The normalized spacial score (nSPS) is 11.4. The SMILES string of the molecule is Cc1cc(C)c(OCCOCCS(N)(=O)=O)c([N+](=O)[O-])c1. The van der Waals surface area contributed by atoms with Gasteiger partial charge in [-0.2, -0.15) is 0 Å². The Kier molecular flexibility index (Phi) is 6.06. The molecule has 118 valence electrons. The van der Waals surface area contributed by atoms with Gasteiger partial charge in [-0.25, -0.2) is 13.6 Å². The van der Waals surface area contributed by atoms with Gasteiger partial charge >= 0.3 is 5.69 Å². The first-order valence-corrected chi connectivity index (χ1v) is 7.89. The third kappa shape index (κ3) is 6.06. The van der Waals surface area contributed by atoms with Gasteiger partial charge in [-0.15, -0.1) is 0 Å². The van der Waals surface area contributed by atoms with Crippen LogP contribution >= 0.6 is 0 Å². The fourth-order valence-corrected chi connectivity index (χ4v) is 2.09. The molecule has 0 aliphatic carbocycles. The smallest absolute Gasteiger partial charge is 0.311 e. The third-order valence-electron chi connectivity index (χ3n) is 2.58. The van der Waals surface area contributed by atoms with E-state index in [9.17, 15) is 18.5 Å². The number of hydrogen-bond donors (Lipinski definition) is 1. The lowest BCUT2D eigenvalue weighted by atomic mass is 10.1. The molecule has 0 aromatic heterocycles. The van der Waals surface area contributed by atoms with E-state index in [0.717, 1.165) is 5.56 Å². The van der Waals surface area contributed by atoms with Crippen molar-refractivity contribution in [1.82, 2.24) is 0 Å². The molecular formula is C12H18N2O6S. The van der Waals surface area contributed by atoms with Crippen molar-refractivity contribution in [2.45, 2.75) is 13.8 Å². The van der Waals surface area contributed by atoms with Crippen molar-refractivity contribution < 1.29 is 22.8 Å². The maximum Gasteiger partial charge on any atom is 0.311 e. The summed E-state index contributed by atoms with van der Waals surface area (Å²) in [7, 11) is -3.55. The molecule has 0 spiro atoms. The Labute approximate surface area is 123 Å². The molecule has 1 rings (SSSR count). The zero-order valence-corrected chi connectivity index (χ0v) is 12.7. The fourth-order valence-electron chi connectivity index (χ4n) is 1.74. The quantitative estimate of drug-likeness (QED) is 0.431. The number of sulfonamides is 1. The van der Waals surface area contributed by atoms with Gasteiger partial charge in [-0.1, -0.05) is 6.07 Å². The lowest BCUT2D eigenvalue weighted by Crippen LogP contribution is -2.21. The fraction of sp³-hybridized carbons (Fsp3) is 0.500. The predicted molar refractivity (Wildman–Crippen MR) is 76.9 cm³/mol. The number of ether oxygens (including phenoxy) is 2. The summed E-state index contributed by atoms with van der Waals surface area (Å²) in [6.45, 7) is 3.63. The van der Waals surface area contributed by atoms with E-state index in [1.54, 1.807) is 19.9 Å². The Morgan fingerprint density at radius 1 is 1.24 bits per heavy atom. The maximum atomic E-state index is 11.0. The molecule has 0 aliphatic heterocycles. The molecule has 0 bridgehead atoms. The molecule has 1 aromatic rings. The van der Waals surface area contributed by atoms with E-state index in [1.165, 1.54) is 6.07 Å². The molecule has 2 N–H and O–H groups in total. The first-order chi connectivity index (χ1) is 9.70. The van der Waals surface area contributed by atoms with Gasteiger partial charge in [0.05, 0.1) is 23.9 Å². The summed E-state index contributed by atoms with van der Waals surface area (Å²) >= 11 is 0. The average Bonchev–Trinajstić information content (AvgIpc) is 2.33. The highest BCUT2D eigenvalue weighted by molar-refractivity contribution is 7.89. The van der Waals surface area contributed by atoms with E-state index >= 15 is 0 Å². The monoisotopic (exact) mass is 318 g/mol. The van der Waals surface area contributed by atoms with Gasteiger partial charge in [0.25, 0.3) is 0 Å². The van der Waals surface area contributed by atoms with Gasteiger partial charge in [-0.3, -0.25) is 10.1 Å². The molecule has 1 aromatic carbocycles. The minimum atomic E-state index is -3.55. The van der Waals surface area contributed by atoms with Crippen molar-refractivity contribution >= 4 is 15.7 Å². The highest BCUT2D eigenvalue weighted by Gasteiger charge is 2.18. The minimum absolute atomic E-state index is 0.0445. The summed E-state index contributed by atoms with van der Waals surface area (Å²) in [6, 6.07) is 3.22. The van der Waals surface area contributed by atoms with Crippen molar-refractivity contribution in [2.75, 3.05) is 25.6 Å². The van der Waals surface area contributed by atoms with Crippen LogP contribution in [0.15, 0.2) is 12.1 Å². The third-order valence-corrected chi connectivity index (χ3v) is 3.32. The van der Waals surface area contributed by atoms with E-state index in [-0.39, 0.29) is 37.0 Å². The lowest BCUT2D eigenvalue weighted by Gasteiger charge is -2.10. The van der Waals surface area contributed by atoms with Crippen LogP contribution in [0.4, 0.5) is 5.69 Å². The number of nitrogens with two attached hydrogens (primary N) is 1. The number of nitrogens with zero attached hydrogens (tertiary/aromatic N) is 1. The van der Waals surface area contributed by atoms with Crippen LogP contribution in [0.3, 0.4) is 0 Å². The van der Waals surface area contributed by atoms with Crippen LogP contribution in [0.1, 0.15) is 11.1 Å². The van der Waals surface area contributed by atoms with Crippen LogP contribution in [0.25, 0.3) is 0 Å². The lowest BCUT2D eigenvalue weighted by molar-refractivity contribution is -0.386. The average molecular weight is 318 g/mol. The molecule has 0 fully saturated rings. The molecule has 0 atom stereocenters. The Balaban J connectivity index is 2.54. The van der Waals surface area contributed by atoms with E-state index in [1.807, 2.05) is 0 Å². The topological polar surface area (TPSA) is 122 Å². The largest absolute Gasteiger partial charge is 0.484 e. The summed E-state index contributed by atoms with van der Waals surface area (Å²) < 4.78 is 31.8. The molecule has 0 saturated heterocycles. The number of hydrogen-bond acceptors (Lipinski definition) is 6. The van der Waals surface area contributed by atoms with Crippen molar-refractivity contribution in [3.63, 3.8) is 0 Å². The van der Waals surface area contributed by atoms with Crippen LogP contribution in [-0.4, -0.2) is 38.9 Å². The van der Waals surface area contributed by atoms with Crippen molar-refractivity contribution in [3.05, 3.63) is 33.4 Å². The Morgan fingerprint density at radius 3 is 2.48 bits per heavy atom. The van der Waals surface area contributed by atoms with E-state index in [2.05, 4.69) is 0 Å². The van der Waals surface area contributed by atoms with Gasteiger partial charge < -0.3 is 9.47 Å². The van der Waals surface area contributed by atoms with Gasteiger partial charge in [0.1, 0.15) is 6.61 Å². The predicted octanol–water partition coefficient (Wildman–Crippen LogP) is 0.896. The number of nitro groups is 1. The standard InChI is InChI=1S/C12H18N2O6S/c1-9-7-10(2)12(11(8-9)14(15)16)20-4-3-19-5-6-21(13,17)18/h7-8H,3-6H2,1-2H3,(H2,13,17,18). The van der Waals surface area contributed by atoms with E-state index in [0.29, 0.717) is 5.56 Å². The molecule has 8 nitrogen and oxygen atoms in total. The summed E-state index contributed by atoms with van der Waals surface area (Å²) in [5.41, 5.74) is 1.33. The summed E-state index contributed by atoms with van der Waals surface area (Å²) in [4.78, 5) is 10.5. The summed E-state index contributed by atoms with van der Waals surface area (Å²) in [5.74, 6) is -0.0860. The van der Waals surface area contributed by atoms with Crippen molar-refractivity contribution in [1.29, 1.82) is 0 Å². The van der Waals surface area contributed by atoms with Gasteiger partial charge in [0.15, 0.2) is 5.75 Å². The highest BCUT2D eigenvalue weighted by Crippen LogP contribution is 2.31. The molecule has 0 amide bonds. The van der Waals surface area contributed by atoms with Crippen molar-refractivity contribution in [2.24, 2.45) is 5.14 Å². The molecule has 9 heteroatoms. The zero-order chi connectivity index (χ0) is 16.0. The van der Waals surface area contributed by atoms with E-state index in [4.69, 9.17) is 14.6 Å². The molecule has 21 heavy (non-hydrogen) atoms. The Hall–Kier alpha value is -1.71. The number of rotatable bonds is 8. The molecule has 0 aliphatic rings. The summed E-state index contributed by atoms with van der Waals surface area (Å²) in [5, 5.41) is 15.8. The van der Waals surface area contributed by atoms with Gasteiger partial charge in [0.2, 0.25) is 10.0 Å². The number of aryl methyl sites for hydroxylation is 2. The van der Waals surface area contributed by atoms with Crippen LogP contribution in [0.5, 0.6) is 5.75 Å². The zero-order valence-electron chi connectivity index (χ0n) is 11.9. The first kappa shape index (κ1) is 17.3. The molecule has 0 saturated carbocycles. The van der Waals surface area contributed by atoms with Crippen LogP contribution in [0.2, 0.25) is 0 Å². The van der Waals surface area contributed by atoms with Crippen molar-refractivity contribution in [3.8, 4) is 5.75 Å². The number of nitro benzene ring substituents is 1. The second kappa shape index (κ2) is 7.34. The Bertz CT molecular complexity index is 614. The second-order valence-corrected chi connectivity index (χ2v) is 6.25. The summed E-state index contributed by atoms with van der Waals surface area (Å²) in [6.07, 6.45) is 0. The maximum absolute atomic E-state index is 11.0. The number of primary sulfonamides is 1. The number of benzene rings is 1. The first-order valence-electron chi connectivity index (χ1n) is 6.17.